The average molecular weight is 250 g/mol. The Morgan fingerprint density at radius 2 is 1.94 bits per heavy atom. The lowest BCUT2D eigenvalue weighted by atomic mass is 10.3. The number of anilines is 1. The van der Waals surface area contributed by atoms with Crippen molar-refractivity contribution in [3.8, 4) is 5.88 Å². The van der Waals surface area contributed by atoms with Gasteiger partial charge in [0.15, 0.2) is 0 Å². The number of aromatic nitrogens is 2. The van der Waals surface area contributed by atoms with E-state index in [-0.39, 0.29) is 0 Å². The van der Waals surface area contributed by atoms with E-state index < -0.39 is 0 Å². The summed E-state index contributed by atoms with van der Waals surface area (Å²) in [6.07, 6.45) is 2.63. The molecule has 0 aromatic carbocycles. The van der Waals surface area contributed by atoms with Gasteiger partial charge in [-0.2, -0.15) is 4.98 Å². The highest BCUT2D eigenvalue weighted by Gasteiger charge is 2.13. The molecule has 0 atom stereocenters. The third-order valence-corrected chi connectivity index (χ3v) is 3.29. The molecule has 1 fully saturated rings. The first-order chi connectivity index (χ1) is 8.70. The van der Waals surface area contributed by atoms with Crippen LogP contribution in [0.2, 0.25) is 0 Å². The van der Waals surface area contributed by atoms with E-state index in [2.05, 4.69) is 20.2 Å². The Labute approximate surface area is 109 Å². The predicted molar refractivity (Wildman–Crippen MR) is 72.2 cm³/mol. The van der Waals surface area contributed by atoms with Gasteiger partial charge in [-0.25, -0.2) is 4.98 Å². The molecule has 0 radical (unpaired) electrons. The molecule has 5 nitrogen and oxygen atoms in total. The Morgan fingerprint density at radius 1 is 1.22 bits per heavy atom. The first kappa shape index (κ1) is 13.1. The highest BCUT2D eigenvalue weighted by atomic mass is 16.5. The summed E-state index contributed by atoms with van der Waals surface area (Å²) in [6.45, 7) is 7.95. The molecular formula is C13H22N4O. The molecule has 2 heterocycles. The van der Waals surface area contributed by atoms with Crippen LogP contribution in [-0.4, -0.2) is 48.2 Å². The van der Waals surface area contributed by atoms with E-state index in [0.717, 1.165) is 23.8 Å². The van der Waals surface area contributed by atoms with Crippen molar-refractivity contribution in [1.82, 2.24) is 14.9 Å². The zero-order chi connectivity index (χ0) is 13.0. The van der Waals surface area contributed by atoms with Crippen molar-refractivity contribution in [3.05, 3.63) is 11.4 Å². The fourth-order valence-electron chi connectivity index (χ4n) is 2.26. The average Bonchev–Trinajstić information content (AvgIpc) is 2.86. The normalized spacial score (nSPS) is 15.9. The lowest BCUT2D eigenvalue weighted by Gasteiger charge is -2.16. The predicted octanol–water partition coefficient (Wildman–Crippen LogP) is 1.61. The minimum absolute atomic E-state index is 0.695. The van der Waals surface area contributed by atoms with E-state index in [9.17, 15) is 0 Å². The Bertz CT molecular complexity index is 402. The summed E-state index contributed by atoms with van der Waals surface area (Å²) in [5.74, 6) is 2.28. The third-order valence-electron chi connectivity index (χ3n) is 3.29. The molecule has 100 valence electrons. The lowest BCUT2D eigenvalue weighted by molar-refractivity contribution is 0.230. The van der Waals surface area contributed by atoms with Crippen LogP contribution < -0.4 is 10.1 Å². The SMILES string of the molecule is CNc1nc(C)nc(OCCN2CCCC2)c1C. The molecule has 0 spiro atoms. The number of ether oxygens (including phenoxy) is 1. The summed E-state index contributed by atoms with van der Waals surface area (Å²) in [7, 11) is 1.86. The first-order valence-corrected chi connectivity index (χ1v) is 6.59. The zero-order valence-electron chi connectivity index (χ0n) is 11.5. The van der Waals surface area contributed by atoms with Gasteiger partial charge in [-0.3, -0.25) is 4.90 Å². The number of nitrogens with one attached hydrogen (secondary N) is 1. The molecule has 0 bridgehead atoms. The van der Waals surface area contributed by atoms with Gasteiger partial charge in [-0.15, -0.1) is 0 Å². The largest absolute Gasteiger partial charge is 0.476 e. The molecule has 1 aliphatic rings. The number of rotatable bonds is 5. The van der Waals surface area contributed by atoms with Gasteiger partial charge in [0.1, 0.15) is 18.2 Å². The second-order valence-electron chi connectivity index (χ2n) is 4.70. The van der Waals surface area contributed by atoms with Crippen LogP contribution in [0.25, 0.3) is 0 Å². The van der Waals surface area contributed by atoms with Crippen molar-refractivity contribution in [2.45, 2.75) is 26.7 Å². The summed E-state index contributed by atoms with van der Waals surface area (Å²) in [6, 6.07) is 0. The smallest absolute Gasteiger partial charge is 0.221 e. The number of aryl methyl sites for hydroxylation is 1. The third kappa shape index (κ3) is 3.10. The summed E-state index contributed by atoms with van der Waals surface area (Å²) in [4.78, 5) is 11.1. The van der Waals surface area contributed by atoms with Gasteiger partial charge in [-0.05, 0) is 39.8 Å². The van der Waals surface area contributed by atoms with Crippen molar-refractivity contribution in [1.29, 1.82) is 0 Å². The summed E-state index contributed by atoms with van der Waals surface area (Å²) < 4.78 is 5.79. The van der Waals surface area contributed by atoms with Crippen LogP contribution in [0.1, 0.15) is 24.2 Å². The Hall–Kier alpha value is -1.36. The fourth-order valence-corrected chi connectivity index (χ4v) is 2.26. The molecule has 1 N–H and O–H groups in total. The standard InChI is InChI=1S/C13H22N4O/c1-10-12(14-3)15-11(2)16-13(10)18-9-8-17-6-4-5-7-17/h4-9H2,1-3H3,(H,14,15,16). The Kier molecular flexibility index (Phi) is 4.36. The van der Waals surface area contributed by atoms with E-state index in [4.69, 9.17) is 4.74 Å². The van der Waals surface area contributed by atoms with Gasteiger partial charge in [0.25, 0.3) is 0 Å². The van der Waals surface area contributed by atoms with Crippen molar-refractivity contribution < 1.29 is 4.74 Å². The molecule has 1 aromatic heterocycles. The molecule has 1 saturated heterocycles. The second kappa shape index (κ2) is 6.00. The quantitative estimate of drug-likeness (QED) is 0.860. The first-order valence-electron chi connectivity index (χ1n) is 6.59. The van der Waals surface area contributed by atoms with E-state index >= 15 is 0 Å². The number of hydrogen-bond donors (Lipinski definition) is 1. The van der Waals surface area contributed by atoms with Crippen LogP contribution in [0.5, 0.6) is 5.88 Å². The molecule has 0 aliphatic carbocycles. The number of nitrogens with zero attached hydrogens (tertiary/aromatic N) is 3. The van der Waals surface area contributed by atoms with E-state index in [1.165, 1.54) is 25.9 Å². The minimum atomic E-state index is 0.695. The van der Waals surface area contributed by atoms with Crippen LogP contribution in [0.4, 0.5) is 5.82 Å². The fraction of sp³-hybridized carbons (Fsp3) is 0.692. The van der Waals surface area contributed by atoms with Gasteiger partial charge in [0.05, 0.1) is 5.56 Å². The molecular weight excluding hydrogens is 228 g/mol. The Balaban J connectivity index is 1.93. The summed E-state index contributed by atoms with van der Waals surface area (Å²) in [5, 5.41) is 3.07. The van der Waals surface area contributed by atoms with Crippen LogP contribution in [0, 0.1) is 13.8 Å². The topological polar surface area (TPSA) is 50.3 Å². The molecule has 0 amide bonds. The second-order valence-corrected chi connectivity index (χ2v) is 4.70. The maximum Gasteiger partial charge on any atom is 0.221 e. The van der Waals surface area contributed by atoms with Gasteiger partial charge < -0.3 is 10.1 Å². The van der Waals surface area contributed by atoms with Crippen LogP contribution in [0.15, 0.2) is 0 Å². The molecule has 1 aliphatic heterocycles. The molecule has 0 unspecified atom stereocenters. The maximum atomic E-state index is 5.79. The zero-order valence-corrected chi connectivity index (χ0v) is 11.5. The summed E-state index contributed by atoms with van der Waals surface area (Å²) in [5.41, 5.74) is 0.976. The molecule has 18 heavy (non-hydrogen) atoms. The van der Waals surface area contributed by atoms with Crippen molar-refractivity contribution in [2.24, 2.45) is 0 Å². The number of likely N-dealkylation sites (tertiary alicyclic amines) is 1. The van der Waals surface area contributed by atoms with Crippen molar-refractivity contribution in [2.75, 3.05) is 38.6 Å². The van der Waals surface area contributed by atoms with E-state index in [1.807, 2.05) is 20.9 Å². The van der Waals surface area contributed by atoms with Crippen LogP contribution in [-0.2, 0) is 0 Å². The van der Waals surface area contributed by atoms with Gasteiger partial charge in [-0.1, -0.05) is 0 Å². The van der Waals surface area contributed by atoms with Gasteiger partial charge in [0.2, 0.25) is 5.88 Å². The van der Waals surface area contributed by atoms with Gasteiger partial charge in [0, 0.05) is 13.6 Å². The maximum absolute atomic E-state index is 5.79. The van der Waals surface area contributed by atoms with Crippen LogP contribution >= 0.6 is 0 Å². The minimum Gasteiger partial charge on any atom is -0.476 e. The van der Waals surface area contributed by atoms with Crippen molar-refractivity contribution >= 4 is 5.82 Å². The van der Waals surface area contributed by atoms with E-state index in [1.54, 1.807) is 0 Å². The summed E-state index contributed by atoms with van der Waals surface area (Å²) >= 11 is 0. The molecule has 2 rings (SSSR count). The van der Waals surface area contributed by atoms with Crippen molar-refractivity contribution in [3.63, 3.8) is 0 Å². The van der Waals surface area contributed by atoms with E-state index in [0.29, 0.717) is 12.5 Å². The van der Waals surface area contributed by atoms with Crippen LogP contribution in [0.3, 0.4) is 0 Å². The Morgan fingerprint density at radius 3 is 2.61 bits per heavy atom. The van der Waals surface area contributed by atoms with Gasteiger partial charge >= 0.3 is 0 Å². The highest BCUT2D eigenvalue weighted by Crippen LogP contribution is 2.21. The molecule has 5 heteroatoms. The monoisotopic (exact) mass is 250 g/mol. The number of hydrogen-bond acceptors (Lipinski definition) is 5. The molecule has 0 saturated carbocycles. The highest BCUT2D eigenvalue weighted by molar-refractivity contribution is 5.47. The molecule has 1 aromatic rings. The lowest BCUT2D eigenvalue weighted by Crippen LogP contribution is -2.25.